The maximum absolute atomic E-state index is 9.86. The molecule has 100 valence electrons. The summed E-state index contributed by atoms with van der Waals surface area (Å²) in [5.41, 5.74) is 2.07. The van der Waals surface area contributed by atoms with Crippen LogP contribution in [0.2, 0.25) is 0 Å². The quantitative estimate of drug-likeness (QED) is 0.908. The number of hydrogen-bond donors (Lipinski definition) is 2. The van der Waals surface area contributed by atoms with Gasteiger partial charge in [0.1, 0.15) is 0 Å². The Bertz CT molecular complexity index is 587. The normalized spacial score (nSPS) is 22.8. The summed E-state index contributed by atoms with van der Waals surface area (Å²) in [7, 11) is 0. The van der Waals surface area contributed by atoms with Crippen LogP contribution in [0.3, 0.4) is 0 Å². The first-order valence-corrected chi connectivity index (χ1v) is 7.49. The van der Waals surface area contributed by atoms with Gasteiger partial charge in [-0.2, -0.15) is 0 Å². The van der Waals surface area contributed by atoms with E-state index in [9.17, 15) is 5.11 Å². The number of anilines is 1. The number of nitrogens with zero attached hydrogens (tertiary/aromatic N) is 1. The lowest BCUT2D eigenvalue weighted by molar-refractivity contribution is 0.138. The molecule has 2 N–H and O–H groups in total. The van der Waals surface area contributed by atoms with E-state index in [0.717, 1.165) is 46.9 Å². The van der Waals surface area contributed by atoms with Gasteiger partial charge in [-0.1, -0.05) is 22.4 Å². The third-order valence-corrected chi connectivity index (χ3v) is 4.37. The van der Waals surface area contributed by atoms with Gasteiger partial charge in [-0.3, -0.25) is 4.98 Å². The van der Waals surface area contributed by atoms with Crippen molar-refractivity contribution < 1.29 is 5.11 Å². The Labute approximate surface area is 121 Å². The zero-order valence-electron chi connectivity index (χ0n) is 10.6. The topological polar surface area (TPSA) is 45.1 Å². The Hall–Kier alpha value is -1.13. The number of aliphatic hydroxyl groups excluding tert-OH is 1. The van der Waals surface area contributed by atoms with E-state index in [1.165, 1.54) is 0 Å². The first kappa shape index (κ1) is 12.9. The third kappa shape index (κ3) is 2.74. The maximum Gasteiger partial charge on any atom is 0.0723 e. The summed E-state index contributed by atoms with van der Waals surface area (Å²) in [6, 6.07) is 8.08. The average Bonchev–Trinajstić information content (AvgIpc) is 2.82. The number of rotatable bonds is 3. The van der Waals surface area contributed by atoms with Crippen molar-refractivity contribution in [1.82, 2.24) is 4.98 Å². The second kappa shape index (κ2) is 5.47. The van der Waals surface area contributed by atoms with Gasteiger partial charge in [0.05, 0.1) is 11.6 Å². The molecule has 19 heavy (non-hydrogen) atoms. The number of halogens is 1. The molecule has 1 aromatic heterocycles. The van der Waals surface area contributed by atoms with Gasteiger partial charge < -0.3 is 10.4 Å². The minimum Gasteiger partial charge on any atom is -0.393 e. The van der Waals surface area contributed by atoms with E-state index in [1.54, 1.807) is 0 Å². The highest BCUT2D eigenvalue weighted by Gasteiger charge is 2.24. The second-order valence-corrected chi connectivity index (χ2v) is 6.07. The summed E-state index contributed by atoms with van der Waals surface area (Å²) >= 11 is 3.50. The molecule has 1 aromatic carbocycles. The fourth-order valence-corrected chi connectivity index (χ4v) is 3.13. The zero-order valence-corrected chi connectivity index (χ0v) is 12.2. The minimum atomic E-state index is -0.146. The molecule has 1 aliphatic rings. The third-order valence-electron chi connectivity index (χ3n) is 3.88. The molecule has 0 saturated heterocycles. The summed E-state index contributed by atoms with van der Waals surface area (Å²) in [5, 5.41) is 14.4. The van der Waals surface area contributed by atoms with Crippen LogP contribution in [-0.4, -0.2) is 22.7 Å². The van der Waals surface area contributed by atoms with Crippen LogP contribution in [0.15, 0.2) is 34.9 Å². The number of aromatic nitrogens is 1. The van der Waals surface area contributed by atoms with E-state index in [-0.39, 0.29) is 6.10 Å². The Morgan fingerprint density at radius 3 is 3.00 bits per heavy atom. The molecule has 0 aliphatic heterocycles. The fourth-order valence-electron chi connectivity index (χ4n) is 2.77. The number of fused-ring (bicyclic) bond motifs is 1. The largest absolute Gasteiger partial charge is 0.393 e. The highest BCUT2D eigenvalue weighted by atomic mass is 79.9. The Morgan fingerprint density at radius 1 is 1.32 bits per heavy atom. The number of nitrogens with one attached hydrogen (secondary N) is 1. The van der Waals surface area contributed by atoms with Gasteiger partial charge in [-0.05, 0) is 37.1 Å². The van der Waals surface area contributed by atoms with Crippen molar-refractivity contribution >= 4 is 32.5 Å². The van der Waals surface area contributed by atoms with Crippen molar-refractivity contribution in [2.75, 3.05) is 11.9 Å². The Morgan fingerprint density at radius 2 is 2.21 bits per heavy atom. The van der Waals surface area contributed by atoms with Gasteiger partial charge >= 0.3 is 0 Å². The molecule has 0 amide bonds. The molecule has 2 aromatic rings. The molecule has 3 rings (SSSR count). The van der Waals surface area contributed by atoms with E-state index in [2.05, 4.69) is 32.3 Å². The lowest BCUT2D eigenvalue weighted by Crippen LogP contribution is -2.22. The maximum atomic E-state index is 9.86. The molecule has 1 heterocycles. The summed E-state index contributed by atoms with van der Waals surface area (Å²) < 4.78 is 1.05. The van der Waals surface area contributed by atoms with Crippen molar-refractivity contribution in [3.63, 3.8) is 0 Å². The summed E-state index contributed by atoms with van der Waals surface area (Å²) in [4.78, 5) is 4.37. The van der Waals surface area contributed by atoms with Crippen LogP contribution in [0.5, 0.6) is 0 Å². The van der Waals surface area contributed by atoms with E-state index < -0.39 is 0 Å². The number of benzene rings is 1. The lowest BCUT2D eigenvalue weighted by atomic mass is 10.1. The molecule has 0 spiro atoms. The van der Waals surface area contributed by atoms with Gasteiger partial charge in [0.15, 0.2) is 0 Å². The molecule has 4 heteroatoms. The van der Waals surface area contributed by atoms with Gasteiger partial charge in [0.25, 0.3) is 0 Å². The molecule has 1 aliphatic carbocycles. The van der Waals surface area contributed by atoms with Crippen molar-refractivity contribution in [3.8, 4) is 0 Å². The molecule has 1 fully saturated rings. The smallest absolute Gasteiger partial charge is 0.0723 e. The first-order valence-electron chi connectivity index (χ1n) is 6.70. The van der Waals surface area contributed by atoms with Gasteiger partial charge in [-0.25, -0.2) is 0 Å². The van der Waals surface area contributed by atoms with Crippen LogP contribution in [0.4, 0.5) is 5.69 Å². The SMILES string of the molecule is OC1CCCC1CNc1ccnc2ccc(Br)cc12. The van der Waals surface area contributed by atoms with Crippen LogP contribution < -0.4 is 5.32 Å². The van der Waals surface area contributed by atoms with Gasteiger partial charge in [0, 0.05) is 34.2 Å². The molecule has 0 radical (unpaired) electrons. The minimum absolute atomic E-state index is 0.146. The van der Waals surface area contributed by atoms with Gasteiger partial charge in [0.2, 0.25) is 0 Å². The van der Waals surface area contributed by atoms with Crippen molar-refractivity contribution in [3.05, 3.63) is 34.9 Å². The van der Waals surface area contributed by atoms with Crippen LogP contribution in [-0.2, 0) is 0 Å². The summed E-state index contributed by atoms with van der Waals surface area (Å²) in [6.07, 6.45) is 4.86. The van der Waals surface area contributed by atoms with Crippen LogP contribution in [0.1, 0.15) is 19.3 Å². The van der Waals surface area contributed by atoms with Crippen LogP contribution >= 0.6 is 15.9 Å². The summed E-state index contributed by atoms with van der Waals surface area (Å²) in [5.74, 6) is 0.371. The van der Waals surface area contributed by atoms with Crippen molar-refractivity contribution in [2.45, 2.75) is 25.4 Å². The predicted octanol–water partition coefficient (Wildman–Crippen LogP) is 3.57. The molecule has 2 atom stereocenters. The summed E-state index contributed by atoms with van der Waals surface area (Å²) in [6.45, 7) is 0.826. The standard InChI is InChI=1S/C15H17BrN2O/c16-11-4-5-13-12(8-11)14(6-7-17-13)18-9-10-2-1-3-15(10)19/h4-8,10,15,19H,1-3,9H2,(H,17,18). The number of pyridine rings is 1. The average molecular weight is 321 g/mol. The Balaban J connectivity index is 1.82. The highest BCUT2D eigenvalue weighted by molar-refractivity contribution is 9.10. The van der Waals surface area contributed by atoms with E-state index in [4.69, 9.17) is 0 Å². The first-order chi connectivity index (χ1) is 9.24. The van der Waals surface area contributed by atoms with E-state index >= 15 is 0 Å². The predicted molar refractivity (Wildman–Crippen MR) is 81.3 cm³/mol. The van der Waals surface area contributed by atoms with E-state index in [0.29, 0.717) is 5.92 Å². The molecular weight excluding hydrogens is 304 g/mol. The lowest BCUT2D eigenvalue weighted by Gasteiger charge is -2.17. The molecule has 3 nitrogen and oxygen atoms in total. The zero-order chi connectivity index (χ0) is 13.2. The van der Waals surface area contributed by atoms with Crippen molar-refractivity contribution in [2.24, 2.45) is 5.92 Å². The van der Waals surface area contributed by atoms with Crippen LogP contribution in [0, 0.1) is 5.92 Å². The number of aliphatic hydroxyl groups is 1. The van der Waals surface area contributed by atoms with E-state index in [1.807, 2.05) is 24.4 Å². The molecule has 0 bridgehead atoms. The molecular formula is C15H17BrN2O. The van der Waals surface area contributed by atoms with Gasteiger partial charge in [-0.15, -0.1) is 0 Å². The van der Waals surface area contributed by atoms with Crippen LogP contribution in [0.25, 0.3) is 10.9 Å². The highest BCUT2D eigenvalue weighted by Crippen LogP contribution is 2.28. The molecule has 1 saturated carbocycles. The van der Waals surface area contributed by atoms with Crippen molar-refractivity contribution in [1.29, 1.82) is 0 Å². The number of hydrogen-bond acceptors (Lipinski definition) is 3. The monoisotopic (exact) mass is 320 g/mol. The second-order valence-electron chi connectivity index (χ2n) is 5.16. The molecule has 2 unspecified atom stereocenters. The fraction of sp³-hybridized carbons (Fsp3) is 0.400. The Kier molecular flexibility index (Phi) is 3.71.